The lowest BCUT2D eigenvalue weighted by atomic mass is 9.92. The number of nitrogens with two attached hydrogens (primary N) is 1. The molecule has 0 aliphatic carbocycles. The Morgan fingerprint density at radius 3 is 2.88 bits per heavy atom. The minimum absolute atomic E-state index is 0. The number of hydrogen-bond donors (Lipinski definition) is 1. The molecule has 2 N–H and O–H groups in total. The van der Waals surface area contributed by atoms with Crippen molar-refractivity contribution in [1.82, 2.24) is 4.90 Å². The van der Waals surface area contributed by atoms with E-state index in [0.29, 0.717) is 17.6 Å². The minimum Gasteiger partial charge on any atom is -0.342 e. The molecule has 17 heavy (non-hydrogen) atoms. The van der Waals surface area contributed by atoms with Crippen molar-refractivity contribution in [3.05, 3.63) is 0 Å². The molecule has 0 saturated carbocycles. The zero-order valence-corrected chi connectivity index (χ0v) is 12.5. The second-order valence-corrected chi connectivity index (χ2v) is 5.76. The Morgan fingerprint density at radius 2 is 2.29 bits per heavy atom. The summed E-state index contributed by atoms with van der Waals surface area (Å²) < 4.78 is 0. The van der Waals surface area contributed by atoms with E-state index < -0.39 is 0 Å². The van der Waals surface area contributed by atoms with Crippen LogP contribution in [0.2, 0.25) is 0 Å². The summed E-state index contributed by atoms with van der Waals surface area (Å²) in [5.74, 6) is 2.51. The molecule has 2 unspecified atom stereocenters. The molecule has 0 aromatic rings. The van der Waals surface area contributed by atoms with Crippen molar-refractivity contribution < 1.29 is 4.79 Å². The zero-order chi connectivity index (χ0) is 12.0. The van der Waals surface area contributed by atoms with Gasteiger partial charge >= 0.3 is 0 Å². The largest absolute Gasteiger partial charge is 0.342 e. The maximum absolute atomic E-state index is 11.9. The first kappa shape index (κ1) is 17.1. The Morgan fingerprint density at radius 1 is 1.59 bits per heavy atom. The highest BCUT2D eigenvalue weighted by molar-refractivity contribution is 7.99. The third-order valence-corrected chi connectivity index (χ3v) is 4.28. The second kappa shape index (κ2) is 9.06. The molecule has 0 bridgehead atoms. The fourth-order valence-electron chi connectivity index (χ4n) is 2.06. The smallest absolute Gasteiger partial charge is 0.232 e. The number of thioether (sulfide) groups is 1. The van der Waals surface area contributed by atoms with Crippen LogP contribution < -0.4 is 5.73 Å². The molecule has 1 amide bonds. The average molecular weight is 281 g/mol. The summed E-state index contributed by atoms with van der Waals surface area (Å²) in [5.41, 5.74) is 5.91. The lowest BCUT2D eigenvalue weighted by Crippen LogP contribution is -2.45. The van der Waals surface area contributed by atoms with Crippen LogP contribution in [0, 0.1) is 5.92 Å². The SMILES string of the molecule is CCCSCC(=O)N1CCCC(C(C)N)C1.Cl. The fourth-order valence-corrected chi connectivity index (χ4v) is 2.85. The molecule has 1 aliphatic heterocycles. The number of carbonyl (C=O) groups is 1. The van der Waals surface area contributed by atoms with E-state index >= 15 is 0 Å². The third-order valence-electron chi connectivity index (χ3n) is 3.13. The standard InChI is InChI=1S/C12H24N2OS.ClH/c1-3-7-16-9-12(15)14-6-4-5-11(8-14)10(2)13;/h10-11H,3-9,13H2,1-2H3;1H. The van der Waals surface area contributed by atoms with Gasteiger partial charge in [-0.05, 0) is 37.9 Å². The third kappa shape index (κ3) is 5.98. The van der Waals surface area contributed by atoms with Crippen LogP contribution in [0.15, 0.2) is 0 Å². The molecule has 0 aromatic heterocycles. The van der Waals surface area contributed by atoms with Crippen molar-refractivity contribution in [2.45, 2.75) is 39.2 Å². The van der Waals surface area contributed by atoms with Gasteiger partial charge < -0.3 is 10.6 Å². The van der Waals surface area contributed by atoms with Crippen LogP contribution in [0.4, 0.5) is 0 Å². The summed E-state index contributed by atoms with van der Waals surface area (Å²) >= 11 is 1.74. The van der Waals surface area contributed by atoms with Crippen molar-refractivity contribution >= 4 is 30.1 Å². The van der Waals surface area contributed by atoms with Gasteiger partial charge in [0.25, 0.3) is 0 Å². The first-order valence-electron chi connectivity index (χ1n) is 6.26. The molecule has 1 saturated heterocycles. The van der Waals surface area contributed by atoms with Gasteiger partial charge in [0, 0.05) is 19.1 Å². The summed E-state index contributed by atoms with van der Waals surface area (Å²) in [6, 6.07) is 0.207. The van der Waals surface area contributed by atoms with Gasteiger partial charge in [0.2, 0.25) is 5.91 Å². The Labute approximate surface area is 115 Å². The molecule has 1 fully saturated rings. The number of amides is 1. The van der Waals surface area contributed by atoms with Gasteiger partial charge in [0.05, 0.1) is 5.75 Å². The van der Waals surface area contributed by atoms with Crippen molar-refractivity contribution in [3.8, 4) is 0 Å². The number of nitrogens with zero attached hydrogens (tertiary/aromatic N) is 1. The van der Waals surface area contributed by atoms with Crippen molar-refractivity contribution in [2.24, 2.45) is 11.7 Å². The first-order valence-corrected chi connectivity index (χ1v) is 7.41. The van der Waals surface area contributed by atoms with Gasteiger partial charge in [0.15, 0.2) is 0 Å². The molecule has 1 aliphatic rings. The van der Waals surface area contributed by atoms with Crippen LogP contribution in [-0.2, 0) is 4.79 Å². The maximum Gasteiger partial charge on any atom is 0.232 e. The summed E-state index contributed by atoms with van der Waals surface area (Å²) in [7, 11) is 0. The van der Waals surface area contributed by atoms with E-state index in [9.17, 15) is 4.79 Å². The van der Waals surface area contributed by atoms with Gasteiger partial charge in [-0.25, -0.2) is 0 Å². The summed E-state index contributed by atoms with van der Waals surface area (Å²) in [6.07, 6.45) is 3.42. The van der Waals surface area contributed by atoms with E-state index in [1.165, 1.54) is 6.42 Å². The quantitative estimate of drug-likeness (QED) is 0.785. The number of likely N-dealkylation sites (tertiary alicyclic amines) is 1. The number of hydrogen-bond acceptors (Lipinski definition) is 3. The number of carbonyl (C=O) groups excluding carboxylic acids is 1. The predicted molar refractivity (Wildman–Crippen MR) is 77.8 cm³/mol. The summed E-state index contributed by atoms with van der Waals surface area (Å²) in [5, 5.41) is 0. The predicted octanol–water partition coefficient (Wildman–Crippen LogP) is 2.14. The van der Waals surface area contributed by atoms with E-state index in [1.807, 2.05) is 11.8 Å². The molecule has 102 valence electrons. The van der Waals surface area contributed by atoms with Crippen LogP contribution >= 0.6 is 24.2 Å². The van der Waals surface area contributed by atoms with Crippen LogP contribution in [0.3, 0.4) is 0 Å². The van der Waals surface area contributed by atoms with Gasteiger partial charge in [-0.1, -0.05) is 6.92 Å². The van der Waals surface area contributed by atoms with E-state index in [2.05, 4.69) is 6.92 Å². The Balaban J connectivity index is 0.00000256. The van der Waals surface area contributed by atoms with Crippen LogP contribution in [0.1, 0.15) is 33.1 Å². The first-order chi connectivity index (χ1) is 7.65. The summed E-state index contributed by atoms with van der Waals surface area (Å²) in [4.78, 5) is 13.9. The topological polar surface area (TPSA) is 46.3 Å². The van der Waals surface area contributed by atoms with Crippen LogP contribution in [0.25, 0.3) is 0 Å². The molecule has 0 radical (unpaired) electrons. The molecule has 3 nitrogen and oxygen atoms in total. The van der Waals surface area contributed by atoms with E-state index in [0.717, 1.165) is 31.7 Å². The minimum atomic E-state index is 0. The lowest BCUT2D eigenvalue weighted by Gasteiger charge is -2.34. The number of rotatable bonds is 5. The van der Waals surface area contributed by atoms with Gasteiger partial charge in [-0.15, -0.1) is 12.4 Å². The zero-order valence-electron chi connectivity index (χ0n) is 10.9. The number of piperidine rings is 1. The molecule has 1 heterocycles. The van der Waals surface area contributed by atoms with E-state index in [4.69, 9.17) is 5.73 Å². The van der Waals surface area contributed by atoms with Crippen molar-refractivity contribution in [1.29, 1.82) is 0 Å². The molecular formula is C12H25ClN2OS. The maximum atomic E-state index is 11.9. The Kier molecular flexibility index (Phi) is 9.10. The molecular weight excluding hydrogens is 256 g/mol. The van der Waals surface area contributed by atoms with Crippen molar-refractivity contribution in [3.63, 3.8) is 0 Å². The van der Waals surface area contributed by atoms with Crippen LogP contribution in [-0.4, -0.2) is 41.4 Å². The molecule has 5 heteroatoms. The highest BCUT2D eigenvalue weighted by atomic mass is 35.5. The summed E-state index contributed by atoms with van der Waals surface area (Å²) in [6.45, 7) is 5.98. The molecule has 0 aromatic carbocycles. The Bertz CT molecular complexity index is 227. The van der Waals surface area contributed by atoms with Gasteiger partial charge in [-0.3, -0.25) is 4.79 Å². The van der Waals surface area contributed by atoms with Crippen molar-refractivity contribution in [2.75, 3.05) is 24.6 Å². The van der Waals surface area contributed by atoms with Gasteiger partial charge in [0.1, 0.15) is 0 Å². The average Bonchev–Trinajstić information content (AvgIpc) is 2.29. The van der Waals surface area contributed by atoms with E-state index in [-0.39, 0.29) is 18.4 Å². The normalized spacial score (nSPS) is 21.8. The molecule has 2 atom stereocenters. The number of halogens is 1. The van der Waals surface area contributed by atoms with Gasteiger partial charge in [-0.2, -0.15) is 11.8 Å². The Hall–Kier alpha value is 0.0700. The molecule has 1 rings (SSSR count). The lowest BCUT2D eigenvalue weighted by molar-refractivity contribution is -0.130. The van der Waals surface area contributed by atoms with Crippen LogP contribution in [0.5, 0.6) is 0 Å². The highest BCUT2D eigenvalue weighted by Crippen LogP contribution is 2.19. The fraction of sp³-hybridized carbons (Fsp3) is 0.917. The molecule has 0 spiro atoms. The van der Waals surface area contributed by atoms with E-state index in [1.54, 1.807) is 11.8 Å². The highest BCUT2D eigenvalue weighted by Gasteiger charge is 2.25. The monoisotopic (exact) mass is 280 g/mol. The second-order valence-electron chi connectivity index (χ2n) is 4.65.